The third-order valence-corrected chi connectivity index (χ3v) is 7.20. The van der Waals surface area contributed by atoms with E-state index in [0.29, 0.717) is 38.3 Å². The number of fused-ring (bicyclic) bond motifs is 3. The number of alkyl halides is 2. The summed E-state index contributed by atoms with van der Waals surface area (Å²) >= 11 is 0. The highest BCUT2D eigenvalue weighted by Crippen LogP contribution is 2.47. The molecule has 0 saturated carbocycles. The van der Waals surface area contributed by atoms with Crippen LogP contribution in [0.4, 0.5) is 8.78 Å². The quantitative estimate of drug-likeness (QED) is 0.685. The molecule has 31 heavy (non-hydrogen) atoms. The van der Waals surface area contributed by atoms with Crippen LogP contribution in [0.2, 0.25) is 0 Å². The zero-order valence-electron chi connectivity index (χ0n) is 17.5. The number of halogens is 2. The Morgan fingerprint density at radius 2 is 1.90 bits per heavy atom. The number of hydrogen-bond acceptors (Lipinski definition) is 3. The number of ketones is 1. The molecule has 2 aromatic rings. The number of amides is 1. The lowest BCUT2D eigenvalue weighted by Gasteiger charge is -2.38. The number of carbonyl (C=O) groups excluding carboxylic acids is 2. The standard InChI is InChI=1S/C25H25F2NO3/c1-24(26,27)18-6-7-20-22(14-18)31-15-25(20)8-10-28(11-9-25)23(30)21(29)13-17-12-16-4-2-3-5-19(16)17/h2-7,14,17H,8-13,15H2,1H3. The minimum absolute atomic E-state index is 0.0564. The van der Waals surface area contributed by atoms with Crippen molar-refractivity contribution in [2.45, 2.75) is 49.9 Å². The van der Waals surface area contributed by atoms with Gasteiger partial charge in [-0.1, -0.05) is 36.4 Å². The van der Waals surface area contributed by atoms with Gasteiger partial charge in [0, 0.05) is 43.0 Å². The zero-order valence-corrected chi connectivity index (χ0v) is 17.5. The van der Waals surface area contributed by atoms with Crippen molar-refractivity contribution in [1.29, 1.82) is 0 Å². The van der Waals surface area contributed by atoms with Crippen molar-refractivity contribution in [3.8, 4) is 5.75 Å². The van der Waals surface area contributed by atoms with E-state index in [0.717, 1.165) is 18.9 Å². The number of Topliss-reactive ketones (excluding diaryl/α,β-unsaturated/α-hetero) is 1. The predicted octanol–water partition coefficient (Wildman–Crippen LogP) is 4.35. The van der Waals surface area contributed by atoms with Crippen molar-refractivity contribution < 1.29 is 23.1 Å². The molecule has 1 atom stereocenters. The number of hydrogen-bond donors (Lipinski definition) is 0. The third kappa shape index (κ3) is 3.42. The molecule has 1 aliphatic carbocycles. The Morgan fingerprint density at radius 3 is 2.61 bits per heavy atom. The van der Waals surface area contributed by atoms with Crippen LogP contribution in [-0.4, -0.2) is 36.3 Å². The highest BCUT2D eigenvalue weighted by molar-refractivity contribution is 6.36. The summed E-state index contributed by atoms with van der Waals surface area (Å²) in [5.41, 5.74) is 3.04. The van der Waals surface area contributed by atoms with Crippen LogP contribution in [0.5, 0.6) is 5.75 Å². The number of benzene rings is 2. The van der Waals surface area contributed by atoms with Crippen LogP contribution in [0.1, 0.15) is 54.4 Å². The Morgan fingerprint density at radius 1 is 1.16 bits per heavy atom. The van der Waals surface area contributed by atoms with Gasteiger partial charge in [-0.15, -0.1) is 0 Å². The summed E-state index contributed by atoms with van der Waals surface area (Å²) in [6.07, 6.45) is 2.43. The molecule has 2 aliphatic heterocycles. The van der Waals surface area contributed by atoms with E-state index in [1.54, 1.807) is 11.0 Å². The molecule has 1 spiro atoms. The SMILES string of the molecule is CC(F)(F)c1ccc2c(c1)OCC21CCN(C(=O)C(=O)CC2Cc3ccccc32)CC1. The molecule has 0 radical (unpaired) electrons. The Hall–Kier alpha value is -2.76. The van der Waals surface area contributed by atoms with Gasteiger partial charge in [0.2, 0.25) is 5.78 Å². The minimum atomic E-state index is -2.91. The van der Waals surface area contributed by atoms with Crippen LogP contribution in [0.15, 0.2) is 42.5 Å². The summed E-state index contributed by atoms with van der Waals surface area (Å²) in [6, 6.07) is 12.7. The summed E-state index contributed by atoms with van der Waals surface area (Å²) in [6.45, 7) is 2.25. The van der Waals surface area contributed by atoms with E-state index in [9.17, 15) is 18.4 Å². The van der Waals surface area contributed by atoms with Gasteiger partial charge in [0.25, 0.3) is 11.8 Å². The predicted molar refractivity (Wildman–Crippen MR) is 112 cm³/mol. The molecule has 0 N–H and O–H groups in total. The molecule has 1 unspecified atom stereocenters. The van der Waals surface area contributed by atoms with Crippen LogP contribution >= 0.6 is 0 Å². The van der Waals surface area contributed by atoms with Crippen LogP contribution in [-0.2, 0) is 27.3 Å². The maximum absolute atomic E-state index is 13.6. The molecule has 1 saturated heterocycles. The van der Waals surface area contributed by atoms with Crippen LogP contribution < -0.4 is 4.74 Å². The van der Waals surface area contributed by atoms with Crippen LogP contribution in [0, 0.1) is 0 Å². The fourth-order valence-corrected chi connectivity index (χ4v) is 5.23. The maximum Gasteiger partial charge on any atom is 0.289 e. The monoisotopic (exact) mass is 425 g/mol. The number of likely N-dealkylation sites (tertiary alicyclic amines) is 1. The highest BCUT2D eigenvalue weighted by atomic mass is 19.3. The van der Waals surface area contributed by atoms with Crippen molar-refractivity contribution in [2.24, 2.45) is 0 Å². The first-order valence-electron chi connectivity index (χ1n) is 10.8. The molecule has 0 aromatic heterocycles. The first-order chi connectivity index (χ1) is 14.8. The van der Waals surface area contributed by atoms with Crippen molar-refractivity contribution in [2.75, 3.05) is 19.7 Å². The second-order valence-corrected chi connectivity index (χ2v) is 9.19. The molecule has 3 aliphatic rings. The lowest BCUT2D eigenvalue weighted by atomic mass is 9.73. The van der Waals surface area contributed by atoms with E-state index in [2.05, 4.69) is 6.07 Å². The lowest BCUT2D eigenvalue weighted by molar-refractivity contribution is -0.146. The molecular weight excluding hydrogens is 400 g/mol. The number of nitrogens with zero attached hydrogens (tertiary/aromatic N) is 1. The smallest absolute Gasteiger partial charge is 0.289 e. The van der Waals surface area contributed by atoms with Gasteiger partial charge in [-0.25, -0.2) is 8.78 Å². The van der Waals surface area contributed by atoms with Crippen molar-refractivity contribution in [3.63, 3.8) is 0 Å². The van der Waals surface area contributed by atoms with Crippen molar-refractivity contribution in [1.82, 2.24) is 4.90 Å². The highest BCUT2D eigenvalue weighted by Gasteiger charge is 2.45. The van der Waals surface area contributed by atoms with Gasteiger partial charge in [-0.3, -0.25) is 9.59 Å². The minimum Gasteiger partial charge on any atom is -0.492 e. The lowest BCUT2D eigenvalue weighted by Crippen LogP contribution is -2.48. The average Bonchev–Trinajstić information content (AvgIpc) is 3.09. The summed E-state index contributed by atoms with van der Waals surface area (Å²) in [5, 5.41) is 0. The molecule has 0 bridgehead atoms. The van der Waals surface area contributed by atoms with Gasteiger partial charge in [0.15, 0.2) is 0 Å². The second-order valence-electron chi connectivity index (χ2n) is 9.19. The molecule has 4 nitrogen and oxygen atoms in total. The molecule has 2 aromatic carbocycles. The second kappa shape index (κ2) is 7.14. The average molecular weight is 425 g/mol. The molecule has 2 heterocycles. The normalized spacial score (nSPS) is 21.1. The van der Waals surface area contributed by atoms with Gasteiger partial charge in [-0.2, -0.15) is 0 Å². The molecule has 6 heteroatoms. The Kier molecular flexibility index (Phi) is 4.65. The van der Waals surface area contributed by atoms with Gasteiger partial charge in [-0.05, 0) is 42.4 Å². The Balaban J connectivity index is 1.22. The summed E-state index contributed by atoms with van der Waals surface area (Å²) in [7, 11) is 0. The first kappa shape index (κ1) is 20.2. The fourth-order valence-electron chi connectivity index (χ4n) is 5.23. The Labute approximate surface area is 180 Å². The van der Waals surface area contributed by atoms with E-state index >= 15 is 0 Å². The number of carbonyl (C=O) groups is 2. The van der Waals surface area contributed by atoms with Crippen LogP contribution in [0.3, 0.4) is 0 Å². The number of piperidine rings is 1. The number of rotatable bonds is 4. The van der Waals surface area contributed by atoms with Gasteiger partial charge >= 0.3 is 0 Å². The first-order valence-corrected chi connectivity index (χ1v) is 10.8. The topological polar surface area (TPSA) is 46.6 Å². The van der Waals surface area contributed by atoms with Crippen LogP contribution in [0.25, 0.3) is 0 Å². The van der Waals surface area contributed by atoms with E-state index in [-0.39, 0.29) is 29.1 Å². The van der Waals surface area contributed by atoms with E-state index < -0.39 is 11.8 Å². The van der Waals surface area contributed by atoms with Crippen molar-refractivity contribution >= 4 is 11.7 Å². The third-order valence-electron chi connectivity index (χ3n) is 7.20. The molecular formula is C25H25F2NO3. The van der Waals surface area contributed by atoms with E-state index in [4.69, 9.17) is 4.74 Å². The molecule has 1 amide bonds. The molecule has 5 rings (SSSR count). The van der Waals surface area contributed by atoms with Gasteiger partial charge in [0.05, 0.1) is 6.61 Å². The fraction of sp³-hybridized carbons (Fsp3) is 0.440. The zero-order chi connectivity index (χ0) is 21.8. The Bertz CT molecular complexity index is 1050. The largest absolute Gasteiger partial charge is 0.492 e. The van der Waals surface area contributed by atoms with Gasteiger partial charge in [0.1, 0.15) is 5.75 Å². The van der Waals surface area contributed by atoms with Crippen molar-refractivity contribution in [3.05, 3.63) is 64.7 Å². The summed E-state index contributed by atoms with van der Waals surface area (Å²) < 4.78 is 33.1. The summed E-state index contributed by atoms with van der Waals surface area (Å²) in [5.74, 6) is -2.98. The maximum atomic E-state index is 13.6. The summed E-state index contributed by atoms with van der Waals surface area (Å²) in [4.78, 5) is 27.0. The molecule has 162 valence electrons. The number of ether oxygens (including phenoxy) is 1. The molecule has 1 fully saturated rings. The van der Waals surface area contributed by atoms with Gasteiger partial charge < -0.3 is 9.64 Å². The van der Waals surface area contributed by atoms with E-state index in [1.165, 1.54) is 23.3 Å². The van der Waals surface area contributed by atoms with E-state index in [1.807, 2.05) is 18.2 Å².